The molecule has 1 unspecified atom stereocenters. The Bertz CT molecular complexity index is 427. The predicted octanol–water partition coefficient (Wildman–Crippen LogP) is 2.62. The lowest BCUT2D eigenvalue weighted by Gasteiger charge is -2.21. The number of halogens is 1. The van der Waals surface area contributed by atoms with E-state index >= 15 is 0 Å². The molecule has 2 rings (SSSR count). The molecule has 2 N–H and O–H groups in total. The van der Waals surface area contributed by atoms with Gasteiger partial charge >= 0.3 is 5.97 Å². The van der Waals surface area contributed by atoms with Crippen LogP contribution in [-0.4, -0.2) is 11.5 Å². The first kappa shape index (κ1) is 12.6. The largest absolute Gasteiger partial charge is 0.459 e. The molecule has 1 aromatic rings. The predicted molar refractivity (Wildman–Crippen MR) is 69.3 cm³/mol. The topological polar surface area (TPSA) is 52.3 Å². The van der Waals surface area contributed by atoms with Crippen LogP contribution in [-0.2, 0) is 16.1 Å². The van der Waals surface area contributed by atoms with Crippen LogP contribution in [0.1, 0.15) is 25.3 Å². The van der Waals surface area contributed by atoms with Crippen molar-refractivity contribution in [3.63, 3.8) is 0 Å². The molecule has 0 heterocycles. The molecule has 1 aromatic carbocycles. The van der Waals surface area contributed by atoms with Crippen molar-refractivity contribution in [2.45, 2.75) is 31.9 Å². The number of nitrogens with two attached hydrogens (primary N) is 1. The summed E-state index contributed by atoms with van der Waals surface area (Å²) >= 11 is 3.38. The third-order valence-corrected chi connectivity index (χ3v) is 3.62. The second-order valence-corrected chi connectivity index (χ2v) is 5.68. The highest BCUT2D eigenvalue weighted by molar-refractivity contribution is 9.10. The van der Waals surface area contributed by atoms with Crippen molar-refractivity contribution in [2.24, 2.45) is 11.7 Å². The average Bonchev–Trinajstić information content (AvgIpc) is 3.09. The molecule has 4 heteroatoms. The van der Waals surface area contributed by atoms with E-state index in [9.17, 15) is 4.79 Å². The summed E-state index contributed by atoms with van der Waals surface area (Å²) in [6.45, 7) is 2.03. The number of carbonyl (C=O) groups is 1. The summed E-state index contributed by atoms with van der Waals surface area (Å²) in [4.78, 5) is 11.8. The van der Waals surface area contributed by atoms with Crippen LogP contribution >= 0.6 is 15.9 Å². The van der Waals surface area contributed by atoms with Crippen molar-refractivity contribution < 1.29 is 9.53 Å². The molecule has 0 aromatic heterocycles. The van der Waals surface area contributed by atoms with Gasteiger partial charge in [0.15, 0.2) is 0 Å². The van der Waals surface area contributed by atoms with Crippen LogP contribution in [0.15, 0.2) is 28.7 Å². The second-order valence-electron chi connectivity index (χ2n) is 4.76. The lowest BCUT2D eigenvalue weighted by molar-refractivity contribution is -0.151. The van der Waals surface area contributed by atoms with Gasteiger partial charge in [0.2, 0.25) is 0 Å². The maximum Gasteiger partial charge on any atom is 0.326 e. The summed E-state index contributed by atoms with van der Waals surface area (Å²) in [5.74, 6) is -0.0162. The maximum absolute atomic E-state index is 11.8. The zero-order valence-corrected chi connectivity index (χ0v) is 11.4. The highest BCUT2D eigenvalue weighted by atomic mass is 79.9. The first-order valence-corrected chi connectivity index (χ1v) is 6.50. The van der Waals surface area contributed by atoms with Gasteiger partial charge in [-0.15, -0.1) is 0 Å². The molecule has 17 heavy (non-hydrogen) atoms. The van der Waals surface area contributed by atoms with E-state index in [0.29, 0.717) is 0 Å². The molecule has 0 aliphatic heterocycles. The van der Waals surface area contributed by atoms with E-state index in [0.717, 1.165) is 22.9 Å². The monoisotopic (exact) mass is 297 g/mol. The standard InChI is InChI=1S/C13H16BrNO2/c1-13(15,10-5-6-10)12(16)17-8-9-3-2-4-11(14)7-9/h2-4,7,10H,5-6,8,15H2,1H3. The molecule has 0 bridgehead atoms. The average molecular weight is 298 g/mol. The second kappa shape index (κ2) is 4.78. The Balaban J connectivity index is 1.92. The Hall–Kier alpha value is -0.870. The van der Waals surface area contributed by atoms with E-state index < -0.39 is 5.54 Å². The highest BCUT2D eigenvalue weighted by Crippen LogP contribution is 2.38. The molecule has 0 saturated heterocycles. The third-order valence-electron chi connectivity index (χ3n) is 3.12. The molecule has 0 radical (unpaired) electrons. The van der Waals surface area contributed by atoms with Gasteiger partial charge in [-0.1, -0.05) is 28.1 Å². The van der Waals surface area contributed by atoms with E-state index in [4.69, 9.17) is 10.5 Å². The summed E-state index contributed by atoms with van der Waals surface area (Å²) in [5, 5.41) is 0. The molecular formula is C13H16BrNO2. The van der Waals surface area contributed by atoms with Crippen LogP contribution in [0.5, 0.6) is 0 Å². The van der Waals surface area contributed by atoms with Gasteiger partial charge in [-0.05, 0) is 43.4 Å². The van der Waals surface area contributed by atoms with Crippen molar-refractivity contribution in [1.82, 2.24) is 0 Å². The molecule has 92 valence electrons. The van der Waals surface area contributed by atoms with Crippen molar-refractivity contribution >= 4 is 21.9 Å². The molecule has 1 aliphatic carbocycles. The fourth-order valence-electron chi connectivity index (χ4n) is 1.78. The number of hydrogen-bond donors (Lipinski definition) is 1. The number of ether oxygens (including phenoxy) is 1. The normalized spacial score (nSPS) is 18.5. The number of rotatable bonds is 4. The molecule has 1 fully saturated rings. The minimum Gasteiger partial charge on any atom is -0.459 e. The van der Waals surface area contributed by atoms with Crippen LogP contribution in [0.25, 0.3) is 0 Å². The summed E-state index contributed by atoms with van der Waals surface area (Å²) < 4.78 is 6.24. The van der Waals surface area contributed by atoms with Crippen molar-refractivity contribution in [1.29, 1.82) is 0 Å². The van der Waals surface area contributed by atoms with Crippen LogP contribution in [0.2, 0.25) is 0 Å². The lowest BCUT2D eigenvalue weighted by atomic mass is 9.98. The van der Waals surface area contributed by atoms with E-state index in [2.05, 4.69) is 15.9 Å². The Kier molecular flexibility index (Phi) is 3.54. The fourth-order valence-corrected chi connectivity index (χ4v) is 2.23. The van der Waals surface area contributed by atoms with Crippen LogP contribution < -0.4 is 5.73 Å². The Morgan fingerprint density at radius 1 is 1.59 bits per heavy atom. The van der Waals surface area contributed by atoms with Gasteiger partial charge in [0.25, 0.3) is 0 Å². The van der Waals surface area contributed by atoms with Crippen molar-refractivity contribution in [3.8, 4) is 0 Å². The minimum absolute atomic E-state index is 0.276. The number of esters is 1. The van der Waals surface area contributed by atoms with Crippen molar-refractivity contribution in [3.05, 3.63) is 34.3 Å². The number of hydrogen-bond acceptors (Lipinski definition) is 3. The minimum atomic E-state index is -0.827. The zero-order valence-electron chi connectivity index (χ0n) is 9.78. The molecule has 1 atom stereocenters. The Morgan fingerprint density at radius 2 is 2.29 bits per heavy atom. The third kappa shape index (κ3) is 3.07. The van der Waals surface area contributed by atoms with E-state index in [1.54, 1.807) is 6.92 Å². The van der Waals surface area contributed by atoms with Gasteiger partial charge in [-0.3, -0.25) is 4.79 Å². The number of benzene rings is 1. The van der Waals surface area contributed by atoms with Gasteiger partial charge < -0.3 is 10.5 Å². The summed E-state index contributed by atoms with van der Waals surface area (Å²) in [6, 6.07) is 7.69. The molecule has 0 amide bonds. The van der Waals surface area contributed by atoms with Crippen molar-refractivity contribution in [2.75, 3.05) is 0 Å². The zero-order chi connectivity index (χ0) is 12.5. The number of carbonyl (C=O) groups excluding carboxylic acids is 1. The Labute approximate surface area is 109 Å². The Morgan fingerprint density at radius 3 is 2.88 bits per heavy atom. The lowest BCUT2D eigenvalue weighted by Crippen LogP contribution is -2.48. The summed E-state index contributed by atoms with van der Waals surface area (Å²) in [7, 11) is 0. The molecule has 0 spiro atoms. The molecule has 1 aliphatic rings. The SMILES string of the molecule is CC(N)(C(=O)OCc1cccc(Br)c1)C1CC1. The highest BCUT2D eigenvalue weighted by Gasteiger charge is 2.45. The first-order chi connectivity index (χ1) is 8.00. The van der Waals surface area contributed by atoms with Gasteiger partial charge in [-0.25, -0.2) is 0 Å². The molecule has 1 saturated carbocycles. The van der Waals surface area contributed by atoms with Crippen LogP contribution in [0.4, 0.5) is 0 Å². The van der Waals surface area contributed by atoms with Crippen LogP contribution in [0.3, 0.4) is 0 Å². The molecular weight excluding hydrogens is 282 g/mol. The van der Waals surface area contributed by atoms with E-state index in [1.807, 2.05) is 24.3 Å². The van der Waals surface area contributed by atoms with Gasteiger partial charge in [0.1, 0.15) is 12.1 Å². The summed E-state index contributed by atoms with van der Waals surface area (Å²) in [5.41, 5.74) is 6.11. The quantitative estimate of drug-likeness (QED) is 0.869. The first-order valence-electron chi connectivity index (χ1n) is 5.70. The van der Waals surface area contributed by atoms with Crippen LogP contribution in [0, 0.1) is 5.92 Å². The summed E-state index contributed by atoms with van der Waals surface area (Å²) in [6.07, 6.45) is 2.05. The van der Waals surface area contributed by atoms with Gasteiger partial charge in [0, 0.05) is 4.47 Å². The van der Waals surface area contributed by atoms with E-state index in [1.165, 1.54) is 0 Å². The molecule has 3 nitrogen and oxygen atoms in total. The fraction of sp³-hybridized carbons (Fsp3) is 0.462. The smallest absolute Gasteiger partial charge is 0.326 e. The van der Waals surface area contributed by atoms with Gasteiger partial charge in [-0.2, -0.15) is 0 Å². The maximum atomic E-state index is 11.8. The van der Waals surface area contributed by atoms with E-state index in [-0.39, 0.29) is 18.5 Å². The van der Waals surface area contributed by atoms with Gasteiger partial charge in [0.05, 0.1) is 0 Å².